The highest BCUT2D eigenvalue weighted by atomic mass is 35.5. The molecule has 8 heteroatoms. The van der Waals surface area contributed by atoms with Gasteiger partial charge in [0.25, 0.3) is 11.5 Å². The van der Waals surface area contributed by atoms with Gasteiger partial charge in [0, 0.05) is 65.7 Å². The summed E-state index contributed by atoms with van der Waals surface area (Å²) in [7, 11) is 0. The molecule has 0 spiro atoms. The maximum Gasteiger partial charge on any atom is 0.253 e. The molecule has 1 saturated carbocycles. The monoisotopic (exact) mass is 526 g/mol. The quantitative estimate of drug-likeness (QED) is 0.538. The van der Waals surface area contributed by atoms with Crippen molar-refractivity contribution in [2.75, 3.05) is 24.5 Å². The van der Waals surface area contributed by atoms with E-state index in [0.717, 1.165) is 80.7 Å². The molecule has 2 fully saturated rings. The van der Waals surface area contributed by atoms with Crippen molar-refractivity contribution >= 4 is 29.1 Å². The van der Waals surface area contributed by atoms with Crippen LogP contribution in [0.15, 0.2) is 23.0 Å². The molecule has 4 rings (SSSR count). The van der Waals surface area contributed by atoms with Crippen molar-refractivity contribution < 1.29 is 9.59 Å². The summed E-state index contributed by atoms with van der Waals surface area (Å²) >= 11 is 6.52. The lowest BCUT2D eigenvalue weighted by molar-refractivity contribution is -0.135. The molecule has 2 aliphatic rings. The summed E-state index contributed by atoms with van der Waals surface area (Å²) in [6, 6.07) is 5.84. The molecule has 1 aliphatic heterocycles. The van der Waals surface area contributed by atoms with Gasteiger partial charge in [-0.3, -0.25) is 14.4 Å². The fraction of sp³-hybridized carbons (Fsp3) is 0.552. The lowest BCUT2D eigenvalue weighted by Crippen LogP contribution is -2.42. The summed E-state index contributed by atoms with van der Waals surface area (Å²) in [6.07, 6.45) is 5.93. The van der Waals surface area contributed by atoms with Crippen molar-refractivity contribution in [3.63, 3.8) is 0 Å². The Labute approximate surface area is 224 Å². The number of benzene rings is 1. The van der Waals surface area contributed by atoms with Crippen LogP contribution < -0.4 is 15.8 Å². The maximum absolute atomic E-state index is 13.2. The largest absolute Gasteiger partial charge is 0.369 e. The average molecular weight is 527 g/mol. The van der Waals surface area contributed by atoms with Gasteiger partial charge >= 0.3 is 0 Å². The fourth-order valence-electron chi connectivity index (χ4n) is 6.02. The Balaban J connectivity index is 1.47. The molecule has 0 atom stereocenters. The van der Waals surface area contributed by atoms with Crippen molar-refractivity contribution in [3.05, 3.63) is 61.5 Å². The third-order valence-electron chi connectivity index (χ3n) is 8.06. The van der Waals surface area contributed by atoms with E-state index in [4.69, 9.17) is 11.6 Å². The molecule has 0 radical (unpaired) electrons. The minimum atomic E-state index is -0.253. The summed E-state index contributed by atoms with van der Waals surface area (Å²) in [5, 5.41) is 3.42. The SMILES string of the molecule is CCN(c1cc(Cl)cc(C(=O)NCc2c(C)cc(C)[nH]c2=O)c1C)C1CCC(C(=O)N2CCCC2)CC1. The van der Waals surface area contributed by atoms with Crippen molar-refractivity contribution in [1.82, 2.24) is 15.2 Å². The molecular formula is C29H39ClN4O3. The smallest absolute Gasteiger partial charge is 0.253 e. The maximum atomic E-state index is 13.2. The van der Waals surface area contributed by atoms with Crippen LogP contribution in [0.25, 0.3) is 0 Å². The van der Waals surface area contributed by atoms with Crippen LogP contribution in [0.1, 0.15) is 78.2 Å². The highest BCUT2D eigenvalue weighted by molar-refractivity contribution is 6.31. The predicted octanol–water partition coefficient (Wildman–Crippen LogP) is 4.89. The Kier molecular flexibility index (Phi) is 8.63. The minimum Gasteiger partial charge on any atom is -0.369 e. The van der Waals surface area contributed by atoms with Gasteiger partial charge in [-0.15, -0.1) is 0 Å². The van der Waals surface area contributed by atoms with Gasteiger partial charge in [-0.25, -0.2) is 0 Å². The zero-order valence-electron chi connectivity index (χ0n) is 22.5. The van der Waals surface area contributed by atoms with Crippen LogP contribution in [-0.2, 0) is 11.3 Å². The minimum absolute atomic E-state index is 0.128. The van der Waals surface area contributed by atoms with E-state index in [0.29, 0.717) is 28.1 Å². The number of hydrogen-bond acceptors (Lipinski definition) is 4. The number of carbonyl (C=O) groups excluding carboxylic acids is 2. The van der Waals surface area contributed by atoms with E-state index in [2.05, 4.69) is 22.1 Å². The fourth-order valence-corrected chi connectivity index (χ4v) is 6.23. The molecule has 2 N–H and O–H groups in total. The number of aromatic nitrogens is 1. The summed E-state index contributed by atoms with van der Waals surface area (Å²) in [5.41, 5.74) is 4.35. The van der Waals surface area contributed by atoms with Crippen molar-refractivity contribution in [2.24, 2.45) is 5.92 Å². The first-order chi connectivity index (χ1) is 17.7. The summed E-state index contributed by atoms with van der Waals surface area (Å²) in [4.78, 5) is 45.7. The number of likely N-dealkylation sites (tertiary alicyclic amines) is 1. The molecular weight excluding hydrogens is 488 g/mol. The Morgan fingerprint density at radius 3 is 2.38 bits per heavy atom. The lowest BCUT2D eigenvalue weighted by Gasteiger charge is -2.39. The Bertz CT molecular complexity index is 1210. The van der Waals surface area contributed by atoms with Crippen molar-refractivity contribution in [3.8, 4) is 0 Å². The second kappa shape index (κ2) is 11.7. The molecule has 1 aromatic carbocycles. The normalized spacial score (nSPS) is 19.6. The Morgan fingerprint density at radius 2 is 1.76 bits per heavy atom. The van der Waals surface area contributed by atoms with Crippen LogP contribution in [0.4, 0.5) is 5.69 Å². The van der Waals surface area contributed by atoms with Gasteiger partial charge in [0.1, 0.15) is 0 Å². The third kappa shape index (κ3) is 6.03. The number of aryl methyl sites for hydroxylation is 2. The standard InChI is InChI=1S/C29H39ClN4O3/c1-5-34(23-10-8-21(9-11-23)29(37)33-12-6-7-13-33)26-16-22(30)15-24(20(26)4)27(35)31-17-25-18(2)14-19(3)32-28(25)36/h14-16,21,23H,5-13,17H2,1-4H3,(H,31,35)(H,32,36). The number of carbonyl (C=O) groups is 2. The van der Waals surface area contributed by atoms with Gasteiger partial charge in [-0.05, 0) is 95.5 Å². The van der Waals surface area contributed by atoms with E-state index in [1.165, 1.54) is 0 Å². The van der Waals surface area contributed by atoms with Gasteiger partial charge in [0.15, 0.2) is 0 Å². The topological polar surface area (TPSA) is 85.5 Å². The molecule has 37 heavy (non-hydrogen) atoms. The highest BCUT2D eigenvalue weighted by Crippen LogP contribution is 2.35. The summed E-state index contributed by atoms with van der Waals surface area (Å²) in [6.45, 7) is 10.5. The molecule has 0 bridgehead atoms. The molecule has 200 valence electrons. The molecule has 0 unspecified atom stereocenters. The number of nitrogens with zero attached hydrogens (tertiary/aromatic N) is 2. The van der Waals surface area contributed by atoms with Gasteiger partial charge in [0.05, 0.1) is 0 Å². The zero-order chi connectivity index (χ0) is 26.7. The molecule has 1 saturated heterocycles. The number of pyridine rings is 1. The molecule has 7 nitrogen and oxygen atoms in total. The summed E-state index contributed by atoms with van der Waals surface area (Å²) < 4.78 is 0. The Hall–Kier alpha value is -2.80. The van der Waals surface area contributed by atoms with Gasteiger partial charge in [-0.1, -0.05) is 11.6 Å². The molecule has 2 amide bonds. The molecule has 2 aromatic rings. The van der Waals surface area contributed by atoms with Gasteiger partial charge in [0.2, 0.25) is 5.91 Å². The highest BCUT2D eigenvalue weighted by Gasteiger charge is 2.33. The molecule has 1 aromatic heterocycles. The van der Waals surface area contributed by atoms with Crippen LogP contribution in [0.2, 0.25) is 5.02 Å². The van der Waals surface area contributed by atoms with E-state index in [9.17, 15) is 14.4 Å². The molecule has 1 aliphatic carbocycles. The zero-order valence-corrected chi connectivity index (χ0v) is 23.2. The van der Waals surface area contributed by atoms with Crippen LogP contribution in [-0.4, -0.2) is 47.4 Å². The summed E-state index contributed by atoms with van der Waals surface area (Å²) in [5.74, 6) is 0.208. The van der Waals surface area contributed by atoms with Crippen molar-refractivity contribution in [2.45, 2.75) is 78.8 Å². The Morgan fingerprint density at radius 1 is 1.08 bits per heavy atom. The number of rotatable bonds is 7. The first-order valence-electron chi connectivity index (χ1n) is 13.5. The van der Waals surface area contributed by atoms with Crippen LogP contribution in [0.3, 0.4) is 0 Å². The number of nitrogens with one attached hydrogen (secondary N) is 2. The third-order valence-corrected chi connectivity index (χ3v) is 8.28. The van der Waals surface area contributed by atoms with E-state index in [-0.39, 0.29) is 23.9 Å². The number of amides is 2. The van der Waals surface area contributed by atoms with Crippen LogP contribution >= 0.6 is 11.6 Å². The number of aromatic amines is 1. The first-order valence-corrected chi connectivity index (χ1v) is 13.9. The van der Waals surface area contributed by atoms with Gasteiger partial charge < -0.3 is 20.1 Å². The van der Waals surface area contributed by atoms with E-state index < -0.39 is 0 Å². The number of hydrogen-bond donors (Lipinski definition) is 2. The number of anilines is 1. The van der Waals surface area contributed by atoms with Crippen LogP contribution in [0, 0.1) is 26.7 Å². The number of H-pyrrole nitrogens is 1. The van der Waals surface area contributed by atoms with Crippen molar-refractivity contribution in [1.29, 1.82) is 0 Å². The van der Waals surface area contributed by atoms with E-state index >= 15 is 0 Å². The second-order valence-electron chi connectivity index (χ2n) is 10.5. The molecule has 2 heterocycles. The van der Waals surface area contributed by atoms with E-state index in [1.54, 1.807) is 6.07 Å². The van der Waals surface area contributed by atoms with Crippen LogP contribution in [0.5, 0.6) is 0 Å². The van der Waals surface area contributed by atoms with E-state index in [1.807, 2.05) is 37.8 Å². The second-order valence-corrected chi connectivity index (χ2v) is 11.0. The first kappa shape index (κ1) is 27.2. The van der Waals surface area contributed by atoms with Gasteiger partial charge in [-0.2, -0.15) is 0 Å². The predicted molar refractivity (Wildman–Crippen MR) is 148 cm³/mol. The lowest BCUT2D eigenvalue weighted by atomic mass is 9.84. The average Bonchev–Trinajstić information content (AvgIpc) is 3.40. The number of halogens is 1.